The van der Waals surface area contributed by atoms with Gasteiger partial charge in [0.25, 0.3) is 0 Å². The third-order valence-corrected chi connectivity index (χ3v) is 8.61. The highest BCUT2D eigenvalue weighted by atomic mass is 16.3. The lowest BCUT2D eigenvalue weighted by molar-refractivity contribution is -0.230. The molecule has 0 saturated heterocycles. The molecule has 23 heavy (non-hydrogen) atoms. The SMILES string of the molecule is CC1(C)CCC[C@@]2(C)[C@@H]3CC[C@](O)(CO)[C@H](CO)[C@@]3(C)CC[C@H]12. The van der Waals surface area contributed by atoms with E-state index in [0.717, 1.165) is 18.8 Å². The van der Waals surface area contributed by atoms with Gasteiger partial charge in [0, 0.05) is 12.5 Å². The average Bonchev–Trinajstić information content (AvgIpc) is 2.45. The number of hydrogen-bond donors (Lipinski definition) is 3. The van der Waals surface area contributed by atoms with Crippen LogP contribution in [0, 0.1) is 34.0 Å². The van der Waals surface area contributed by atoms with E-state index in [1.54, 1.807) is 0 Å². The molecule has 3 aliphatic carbocycles. The molecule has 6 atom stereocenters. The molecule has 0 heterocycles. The fourth-order valence-electron chi connectivity index (χ4n) is 7.51. The first-order valence-corrected chi connectivity index (χ1v) is 9.58. The predicted octanol–water partition coefficient (Wildman–Crippen LogP) is 3.36. The highest BCUT2D eigenvalue weighted by Gasteiger charge is 2.64. The molecule has 3 fully saturated rings. The molecule has 3 N–H and O–H groups in total. The van der Waals surface area contributed by atoms with E-state index in [1.807, 2.05) is 0 Å². The van der Waals surface area contributed by atoms with Gasteiger partial charge in [-0.15, -0.1) is 0 Å². The Balaban J connectivity index is 2.00. The summed E-state index contributed by atoms with van der Waals surface area (Å²) >= 11 is 0. The van der Waals surface area contributed by atoms with Crippen molar-refractivity contribution in [2.24, 2.45) is 34.0 Å². The fourth-order valence-corrected chi connectivity index (χ4v) is 7.51. The van der Waals surface area contributed by atoms with Crippen molar-refractivity contribution in [3.8, 4) is 0 Å². The molecule has 3 saturated carbocycles. The minimum atomic E-state index is -1.10. The molecule has 0 aromatic carbocycles. The number of aliphatic hydroxyl groups excluding tert-OH is 2. The third kappa shape index (κ3) is 2.33. The maximum Gasteiger partial charge on any atom is 0.0932 e. The third-order valence-electron chi connectivity index (χ3n) is 8.61. The summed E-state index contributed by atoms with van der Waals surface area (Å²) in [5, 5.41) is 30.8. The van der Waals surface area contributed by atoms with Crippen molar-refractivity contribution in [3.05, 3.63) is 0 Å². The Labute approximate surface area is 141 Å². The Hall–Kier alpha value is -0.120. The largest absolute Gasteiger partial charge is 0.396 e. The molecule has 3 rings (SSSR count). The first kappa shape index (κ1) is 17.7. The van der Waals surface area contributed by atoms with E-state index in [4.69, 9.17) is 0 Å². The molecule has 3 nitrogen and oxygen atoms in total. The van der Waals surface area contributed by atoms with Crippen LogP contribution in [0.4, 0.5) is 0 Å². The maximum absolute atomic E-state index is 10.9. The zero-order valence-electron chi connectivity index (χ0n) is 15.4. The minimum absolute atomic E-state index is 0.0196. The van der Waals surface area contributed by atoms with Crippen molar-refractivity contribution >= 4 is 0 Å². The van der Waals surface area contributed by atoms with Gasteiger partial charge in [-0.1, -0.05) is 34.1 Å². The molecule has 0 aliphatic heterocycles. The van der Waals surface area contributed by atoms with Crippen LogP contribution in [0.15, 0.2) is 0 Å². The Morgan fingerprint density at radius 2 is 1.48 bits per heavy atom. The van der Waals surface area contributed by atoms with Crippen LogP contribution in [-0.2, 0) is 0 Å². The molecular formula is C20H36O3. The van der Waals surface area contributed by atoms with Gasteiger partial charge in [0.1, 0.15) is 0 Å². The summed E-state index contributed by atoms with van der Waals surface area (Å²) < 4.78 is 0. The smallest absolute Gasteiger partial charge is 0.0932 e. The van der Waals surface area contributed by atoms with Gasteiger partial charge >= 0.3 is 0 Å². The van der Waals surface area contributed by atoms with E-state index in [1.165, 1.54) is 25.7 Å². The van der Waals surface area contributed by atoms with E-state index in [2.05, 4.69) is 27.7 Å². The van der Waals surface area contributed by atoms with Gasteiger partial charge < -0.3 is 15.3 Å². The highest BCUT2D eigenvalue weighted by molar-refractivity contribution is 5.13. The van der Waals surface area contributed by atoms with Gasteiger partial charge in [-0.3, -0.25) is 0 Å². The topological polar surface area (TPSA) is 60.7 Å². The quantitative estimate of drug-likeness (QED) is 0.730. The molecule has 0 spiro atoms. The van der Waals surface area contributed by atoms with Crippen LogP contribution in [0.5, 0.6) is 0 Å². The second-order valence-corrected chi connectivity index (χ2v) is 10.0. The normalized spacial score (nSPS) is 52.6. The predicted molar refractivity (Wildman–Crippen MR) is 91.9 cm³/mol. The summed E-state index contributed by atoms with van der Waals surface area (Å²) in [7, 11) is 0. The van der Waals surface area contributed by atoms with E-state index >= 15 is 0 Å². The number of rotatable bonds is 2. The molecule has 0 bridgehead atoms. The van der Waals surface area contributed by atoms with E-state index in [0.29, 0.717) is 23.2 Å². The second kappa shape index (κ2) is 5.44. The summed E-state index contributed by atoms with van der Waals surface area (Å²) in [5.74, 6) is 1.07. The van der Waals surface area contributed by atoms with Crippen LogP contribution in [0.3, 0.4) is 0 Å². The minimum Gasteiger partial charge on any atom is -0.396 e. The summed E-state index contributed by atoms with van der Waals surface area (Å²) in [4.78, 5) is 0. The molecule has 0 aromatic heterocycles. The Morgan fingerprint density at radius 3 is 2.09 bits per heavy atom. The van der Waals surface area contributed by atoms with Gasteiger partial charge in [0.05, 0.1) is 12.2 Å². The molecule has 3 aliphatic rings. The van der Waals surface area contributed by atoms with Crippen molar-refractivity contribution in [1.82, 2.24) is 0 Å². The molecular weight excluding hydrogens is 288 g/mol. The highest BCUT2D eigenvalue weighted by Crippen LogP contribution is 2.69. The zero-order valence-corrected chi connectivity index (χ0v) is 15.4. The summed E-state index contributed by atoms with van der Waals surface area (Å²) in [6, 6.07) is 0. The van der Waals surface area contributed by atoms with Crippen LogP contribution in [-0.4, -0.2) is 34.1 Å². The van der Waals surface area contributed by atoms with E-state index in [-0.39, 0.29) is 24.5 Å². The Morgan fingerprint density at radius 1 is 0.826 bits per heavy atom. The molecule has 134 valence electrons. The monoisotopic (exact) mass is 324 g/mol. The van der Waals surface area contributed by atoms with Crippen molar-refractivity contribution < 1.29 is 15.3 Å². The number of aliphatic hydroxyl groups is 3. The summed E-state index contributed by atoms with van der Waals surface area (Å²) in [6.07, 6.45) is 7.74. The first-order valence-electron chi connectivity index (χ1n) is 9.58. The van der Waals surface area contributed by atoms with E-state index < -0.39 is 5.60 Å². The first-order chi connectivity index (χ1) is 10.6. The van der Waals surface area contributed by atoms with Crippen molar-refractivity contribution in [2.75, 3.05) is 13.2 Å². The van der Waals surface area contributed by atoms with Crippen LogP contribution >= 0.6 is 0 Å². The lowest BCUT2D eigenvalue weighted by atomic mass is 9.38. The average molecular weight is 325 g/mol. The van der Waals surface area contributed by atoms with Crippen LogP contribution in [0.25, 0.3) is 0 Å². The van der Waals surface area contributed by atoms with Crippen molar-refractivity contribution in [3.63, 3.8) is 0 Å². The van der Waals surface area contributed by atoms with Crippen molar-refractivity contribution in [1.29, 1.82) is 0 Å². The van der Waals surface area contributed by atoms with Crippen molar-refractivity contribution in [2.45, 2.75) is 78.2 Å². The standard InChI is InChI=1S/C20H36O3/c1-17(2)8-5-9-18(3)14(17)6-10-19(4)15(18)7-11-20(23,13-22)16(19)12-21/h14-16,21-23H,5-13H2,1-4H3/t14-,15+,16-,18-,19+,20+/m1/s1. The number of fused-ring (bicyclic) bond motifs is 3. The molecule has 0 unspecified atom stereocenters. The lowest BCUT2D eigenvalue weighted by Crippen LogP contribution is -2.64. The molecule has 0 amide bonds. The van der Waals surface area contributed by atoms with Crippen LogP contribution in [0.2, 0.25) is 0 Å². The van der Waals surface area contributed by atoms with Crippen LogP contribution < -0.4 is 0 Å². The van der Waals surface area contributed by atoms with Gasteiger partial charge in [0.15, 0.2) is 0 Å². The van der Waals surface area contributed by atoms with Gasteiger partial charge in [0.2, 0.25) is 0 Å². The number of hydrogen-bond acceptors (Lipinski definition) is 3. The second-order valence-electron chi connectivity index (χ2n) is 10.0. The summed E-state index contributed by atoms with van der Waals surface area (Å²) in [5.41, 5.74) is -0.469. The molecule has 0 aromatic rings. The maximum atomic E-state index is 10.9. The summed E-state index contributed by atoms with van der Waals surface area (Å²) in [6.45, 7) is 9.39. The van der Waals surface area contributed by atoms with Gasteiger partial charge in [-0.05, 0) is 66.6 Å². The van der Waals surface area contributed by atoms with E-state index in [9.17, 15) is 15.3 Å². The molecule has 0 radical (unpaired) electrons. The van der Waals surface area contributed by atoms with Crippen LogP contribution in [0.1, 0.15) is 72.6 Å². The van der Waals surface area contributed by atoms with Gasteiger partial charge in [-0.25, -0.2) is 0 Å². The zero-order chi connectivity index (χ0) is 17.1. The fraction of sp³-hybridized carbons (Fsp3) is 1.00. The Kier molecular flexibility index (Phi) is 4.18. The van der Waals surface area contributed by atoms with Gasteiger partial charge in [-0.2, -0.15) is 0 Å². The Bertz CT molecular complexity index is 462. The molecule has 3 heteroatoms. The lowest BCUT2D eigenvalue weighted by Gasteiger charge is -2.67.